The van der Waals surface area contributed by atoms with Crippen LogP contribution in [0.15, 0.2) is 53.4 Å². The van der Waals surface area contributed by atoms with E-state index >= 15 is 0 Å². The van der Waals surface area contributed by atoms with Gasteiger partial charge in [0.2, 0.25) is 15.9 Å². The van der Waals surface area contributed by atoms with Crippen LogP contribution in [0.3, 0.4) is 0 Å². The van der Waals surface area contributed by atoms with Crippen LogP contribution in [0, 0.1) is 5.82 Å². The Morgan fingerprint density at radius 3 is 2.21 bits per heavy atom. The van der Waals surface area contributed by atoms with E-state index in [2.05, 4.69) is 4.74 Å². The van der Waals surface area contributed by atoms with Crippen molar-refractivity contribution < 1.29 is 31.9 Å². The molecule has 10 heteroatoms. The summed E-state index contributed by atoms with van der Waals surface area (Å²) in [4.78, 5) is 38.7. The number of carbonyl (C=O) groups is 3. The fraction of sp³-hybridized carbons (Fsp3) is 0.348. The maximum atomic E-state index is 13.5. The minimum atomic E-state index is -4.16. The molecule has 1 saturated heterocycles. The SMILES string of the molecule is COC(=O)c1ccc(N2C(=O)CC(N(C3CCCC3)S(=O)(=O)c3ccc(F)cc3)C2=O)cc1. The molecule has 1 aliphatic heterocycles. The van der Waals surface area contributed by atoms with E-state index in [0.29, 0.717) is 12.8 Å². The van der Waals surface area contributed by atoms with E-state index in [9.17, 15) is 27.2 Å². The summed E-state index contributed by atoms with van der Waals surface area (Å²) in [5, 5.41) is 0. The molecule has 0 spiro atoms. The van der Waals surface area contributed by atoms with Crippen LogP contribution in [0.2, 0.25) is 0 Å². The zero-order valence-corrected chi connectivity index (χ0v) is 18.8. The average Bonchev–Trinajstić information content (AvgIpc) is 3.42. The number of anilines is 1. The Morgan fingerprint density at radius 2 is 1.64 bits per heavy atom. The zero-order valence-electron chi connectivity index (χ0n) is 17.9. The fourth-order valence-corrected chi connectivity index (χ4v) is 6.28. The molecule has 1 aliphatic carbocycles. The Labute approximate surface area is 191 Å². The van der Waals surface area contributed by atoms with E-state index in [0.717, 1.165) is 46.3 Å². The molecule has 174 valence electrons. The number of imide groups is 1. The molecule has 2 aromatic carbocycles. The lowest BCUT2D eigenvalue weighted by Crippen LogP contribution is -2.49. The van der Waals surface area contributed by atoms with Gasteiger partial charge in [-0.15, -0.1) is 0 Å². The molecule has 4 rings (SSSR count). The van der Waals surface area contributed by atoms with Gasteiger partial charge in [-0.3, -0.25) is 9.59 Å². The highest BCUT2D eigenvalue weighted by molar-refractivity contribution is 7.89. The second-order valence-electron chi connectivity index (χ2n) is 8.05. The molecule has 2 aliphatic rings. The van der Waals surface area contributed by atoms with E-state index in [4.69, 9.17) is 0 Å². The van der Waals surface area contributed by atoms with Crippen molar-refractivity contribution in [2.45, 2.75) is 49.1 Å². The second kappa shape index (κ2) is 9.03. The number of esters is 1. The number of sulfonamides is 1. The number of rotatable bonds is 6. The first-order chi connectivity index (χ1) is 15.7. The van der Waals surface area contributed by atoms with Gasteiger partial charge in [0.15, 0.2) is 0 Å². The Morgan fingerprint density at radius 1 is 1.03 bits per heavy atom. The van der Waals surface area contributed by atoms with Crippen molar-refractivity contribution in [2.75, 3.05) is 12.0 Å². The van der Waals surface area contributed by atoms with Crippen LogP contribution in [0.4, 0.5) is 10.1 Å². The zero-order chi connectivity index (χ0) is 23.8. The van der Waals surface area contributed by atoms with Crippen LogP contribution in [-0.4, -0.2) is 49.7 Å². The highest BCUT2D eigenvalue weighted by Crippen LogP contribution is 2.35. The lowest BCUT2D eigenvalue weighted by molar-refractivity contribution is -0.122. The molecule has 1 atom stereocenters. The van der Waals surface area contributed by atoms with E-state index in [1.165, 1.54) is 31.4 Å². The van der Waals surface area contributed by atoms with Crippen LogP contribution < -0.4 is 4.90 Å². The molecule has 0 aromatic heterocycles. The monoisotopic (exact) mass is 474 g/mol. The number of benzene rings is 2. The smallest absolute Gasteiger partial charge is 0.337 e. The minimum Gasteiger partial charge on any atom is -0.465 e. The van der Waals surface area contributed by atoms with Crippen molar-refractivity contribution in [2.24, 2.45) is 0 Å². The van der Waals surface area contributed by atoms with Gasteiger partial charge in [-0.2, -0.15) is 4.31 Å². The number of amides is 2. The molecule has 33 heavy (non-hydrogen) atoms. The molecule has 2 fully saturated rings. The summed E-state index contributed by atoms with van der Waals surface area (Å²) in [5.41, 5.74) is 0.495. The number of methoxy groups -OCH3 is 1. The second-order valence-corrected chi connectivity index (χ2v) is 9.90. The van der Waals surface area contributed by atoms with E-state index in [-0.39, 0.29) is 22.6 Å². The van der Waals surface area contributed by atoms with Crippen molar-refractivity contribution in [3.63, 3.8) is 0 Å². The Kier molecular flexibility index (Phi) is 6.31. The van der Waals surface area contributed by atoms with Gasteiger partial charge in [0.1, 0.15) is 11.9 Å². The van der Waals surface area contributed by atoms with Gasteiger partial charge in [-0.1, -0.05) is 12.8 Å². The summed E-state index contributed by atoms with van der Waals surface area (Å²) in [6.45, 7) is 0. The normalized spacial score (nSPS) is 19.5. The summed E-state index contributed by atoms with van der Waals surface area (Å²) >= 11 is 0. The third-order valence-electron chi connectivity index (χ3n) is 6.05. The standard InChI is InChI=1S/C23H23FN2O6S/c1-32-23(29)15-6-10-17(11-7-15)25-21(27)14-20(22(25)28)26(18-4-2-3-5-18)33(30,31)19-12-8-16(24)9-13-19/h6-13,18,20H,2-5,14H2,1H3. The molecule has 0 radical (unpaired) electrons. The molecule has 1 saturated carbocycles. The summed E-state index contributed by atoms with van der Waals surface area (Å²) < 4.78 is 46.3. The van der Waals surface area contributed by atoms with Crippen LogP contribution >= 0.6 is 0 Å². The first-order valence-corrected chi connectivity index (χ1v) is 12.0. The van der Waals surface area contributed by atoms with Gasteiger partial charge in [0.25, 0.3) is 5.91 Å². The Hall–Kier alpha value is -3.11. The van der Waals surface area contributed by atoms with Crippen LogP contribution in [-0.2, 0) is 24.3 Å². The van der Waals surface area contributed by atoms with Crippen LogP contribution in [0.1, 0.15) is 42.5 Å². The third-order valence-corrected chi connectivity index (χ3v) is 8.03. The molecule has 1 heterocycles. The van der Waals surface area contributed by atoms with Gasteiger partial charge < -0.3 is 4.74 Å². The first kappa shape index (κ1) is 23.1. The summed E-state index contributed by atoms with van der Waals surface area (Å²) in [6.07, 6.45) is 2.48. The van der Waals surface area contributed by atoms with Gasteiger partial charge >= 0.3 is 5.97 Å². The molecule has 2 amide bonds. The molecule has 2 aromatic rings. The molecule has 0 N–H and O–H groups in total. The van der Waals surface area contributed by atoms with Crippen LogP contribution in [0.25, 0.3) is 0 Å². The van der Waals surface area contributed by atoms with Crippen molar-refractivity contribution in [3.05, 3.63) is 59.9 Å². The quantitative estimate of drug-likeness (QED) is 0.471. The first-order valence-electron chi connectivity index (χ1n) is 10.6. The highest BCUT2D eigenvalue weighted by atomic mass is 32.2. The lowest BCUT2D eigenvalue weighted by atomic mass is 10.1. The summed E-state index contributed by atoms with van der Waals surface area (Å²) in [7, 11) is -2.92. The largest absolute Gasteiger partial charge is 0.465 e. The number of halogens is 1. The molecular formula is C23H23FN2O6S. The van der Waals surface area contributed by atoms with Gasteiger partial charge in [0, 0.05) is 6.04 Å². The maximum Gasteiger partial charge on any atom is 0.337 e. The molecule has 8 nitrogen and oxygen atoms in total. The highest BCUT2D eigenvalue weighted by Gasteiger charge is 2.49. The molecule has 1 unspecified atom stereocenters. The number of carbonyl (C=O) groups excluding carboxylic acids is 3. The van der Waals surface area contributed by atoms with Gasteiger partial charge in [-0.05, 0) is 61.4 Å². The minimum absolute atomic E-state index is 0.128. The average molecular weight is 475 g/mol. The summed E-state index contributed by atoms with van der Waals surface area (Å²) in [5.74, 6) is -2.32. The van der Waals surface area contributed by atoms with Crippen molar-refractivity contribution in [1.82, 2.24) is 4.31 Å². The van der Waals surface area contributed by atoms with Gasteiger partial charge in [-0.25, -0.2) is 22.5 Å². The predicted octanol–water partition coefficient (Wildman–Crippen LogP) is 2.88. The fourth-order valence-electron chi connectivity index (χ4n) is 4.46. The third kappa shape index (κ3) is 4.28. The molecular weight excluding hydrogens is 451 g/mol. The van der Waals surface area contributed by atoms with Crippen molar-refractivity contribution in [1.29, 1.82) is 0 Å². The van der Waals surface area contributed by atoms with E-state index < -0.39 is 45.7 Å². The number of nitrogens with zero attached hydrogens (tertiary/aromatic N) is 2. The Bertz CT molecular complexity index is 1170. The summed E-state index contributed by atoms with van der Waals surface area (Å²) in [6, 6.07) is 8.55. The van der Waals surface area contributed by atoms with E-state index in [1.807, 2.05) is 0 Å². The lowest BCUT2D eigenvalue weighted by Gasteiger charge is -2.32. The van der Waals surface area contributed by atoms with E-state index in [1.54, 1.807) is 0 Å². The maximum absolute atomic E-state index is 13.5. The molecule has 0 bridgehead atoms. The van der Waals surface area contributed by atoms with Crippen molar-refractivity contribution >= 4 is 33.5 Å². The predicted molar refractivity (Wildman–Crippen MR) is 116 cm³/mol. The number of hydrogen-bond acceptors (Lipinski definition) is 6. The Balaban J connectivity index is 1.68. The van der Waals surface area contributed by atoms with Gasteiger partial charge in [0.05, 0.1) is 29.7 Å². The number of hydrogen-bond donors (Lipinski definition) is 0. The van der Waals surface area contributed by atoms with Crippen LogP contribution in [0.5, 0.6) is 0 Å². The topological polar surface area (TPSA) is 101 Å². The number of ether oxygens (including phenoxy) is 1. The van der Waals surface area contributed by atoms with Crippen molar-refractivity contribution in [3.8, 4) is 0 Å².